The van der Waals surface area contributed by atoms with Crippen LogP contribution in [-0.2, 0) is 9.53 Å². The van der Waals surface area contributed by atoms with E-state index in [1.54, 1.807) is 18.5 Å². The van der Waals surface area contributed by atoms with Crippen LogP contribution in [0.3, 0.4) is 0 Å². The molecule has 3 heterocycles. The Hall–Kier alpha value is -1.57. The predicted octanol–water partition coefficient (Wildman–Crippen LogP) is 3.87. The van der Waals surface area contributed by atoms with E-state index in [9.17, 15) is 4.79 Å². The molecule has 1 unspecified atom stereocenters. The lowest BCUT2D eigenvalue weighted by Crippen LogP contribution is -2.59. The van der Waals surface area contributed by atoms with Crippen LogP contribution in [0.5, 0.6) is 0 Å². The average molecular weight is 432 g/mol. The maximum atomic E-state index is 13.0. The highest BCUT2D eigenvalue weighted by molar-refractivity contribution is 6.33. The van der Waals surface area contributed by atoms with Crippen LogP contribution in [0.25, 0.3) is 21.8 Å². The van der Waals surface area contributed by atoms with E-state index in [1.165, 1.54) is 0 Å². The first-order valence-corrected chi connectivity index (χ1v) is 8.52. The minimum absolute atomic E-state index is 0. The van der Waals surface area contributed by atoms with Crippen molar-refractivity contribution in [2.75, 3.05) is 32.1 Å². The second-order valence-corrected chi connectivity index (χ2v) is 7.06. The van der Waals surface area contributed by atoms with E-state index in [2.05, 4.69) is 15.3 Å². The van der Waals surface area contributed by atoms with Gasteiger partial charge in [-0.15, -0.1) is 24.8 Å². The normalized spacial score (nSPS) is 20.1. The number of nitrogens with one attached hydrogen (secondary N) is 2. The number of pyridine rings is 1. The predicted molar refractivity (Wildman–Crippen MR) is 114 cm³/mol. The molecule has 6 nitrogen and oxygen atoms in total. The number of aromatic amines is 1. The first-order valence-electron chi connectivity index (χ1n) is 8.14. The Bertz CT molecular complexity index is 978. The van der Waals surface area contributed by atoms with Crippen molar-refractivity contribution >= 4 is 69.8 Å². The zero-order valence-electron chi connectivity index (χ0n) is 14.9. The Morgan fingerprint density at radius 3 is 2.89 bits per heavy atom. The van der Waals surface area contributed by atoms with Crippen LogP contribution in [0.4, 0.5) is 5.69 Å². The molecule has 4 rings (SSSR count). The average Bonchev–Trinajstić information content (AvgIpc) is 2.96. The number of anilines is 1. The third-order valence-corrected chi connectivity index (χ3v) is 5.23. The first-order chi connectivity index (χ1) is 12.0. The van der Waals surface area contributed by atoms with Crippen molar-refractivity contribution in [2.24, 2.45) is 0 Å². The monoisotopic (exact) mass is 430 g/mol. The molecule has 0 radical (unpaired) electrons. The second kappa shape index (κ2) is 8.20. The second-order valence-electron chi connectivity index (χ2n) is 6.62. The fraction of sp³-hybridized carbons (Fsp3) is 0.333. The number of benzene rings is 1. The van der Waals surface area contributed by atoms with Crippen LogP contribution in [-0.4, -0.2) is 53.1 Å². The lowest BCUT2D eigenvalue weighted by Gasteiger charge is -2.40. The summed E-state index contributed by atoms with van der Waals surface area (Å²) in [5.74, 6) is -0.116. The van der Waals surface area contributed by atoms with E-state index < -0.39 is 5.54 Å². The van der Waals surface area contributed by atoms with Crippen LogP contribution >= 0.6 is 36.4 Å². The Labute approximate surface area is 174 Å². The molecule has 9 heteroatoms. The molecule has 0 spiro atoms. The van der Waals surface area contributed by atoms with Crippen molar-refractivity contribution in [1.82, 2.24) is 14.9 Å². The van der Waals surface area contributed by atoms with Crippen molar-refractivity contribution in [3.8, 4) is 0 Å². The SMILES string of the molecule is CN1CCOCC1(C)C(=O)Nc1cc(Cl)cc2c1[nH]c1cnccc12.Cl.Cl. The van der Waals surface area contributed by atoms with Crippen LogP contribution in [0.1, 0.15) is 6.92 Å². The van der Waals surface area contributed by atoms with E-state index >= 15 is 0 Å². The maximum absolute atomic E-state index is 13.0. The summed E-state index contributed by atoms with van der Waals surface area (Å²) < 4.78 is 5.53. The smallest absolute Gasteiger partial charge is 0.247 e. The van der Waals surface area contributed by atoms with Crippen LogP contribution < -0.4 is 5.32 Å². The molecule has 1 atom stereocenters. The molecule has 1 aromatic carbocycles. The van der Waals surface area contributed by atoms with Gasteiger partial charge in [0.1, 0.15) is 5.54 Å². The minimum Gasteiger partial charge on any atom is -0.378 e. The lowest BCUT2D eigenvalue weighted by molar-refractivity contribution is -0.136. The summed E-state index contributed by atoms with van der Waals surface area (Å²) in [7, 11) is 1.93. The Morgan fingerprint density at radius 2 is 2.15 bits per heavy atom. The number of halogens is 3. The van der Waals surface area contributed by atoms with Gasteiger partial charge >= 0.3 is 0 Å². The zero-order chi connectivity index (χ0) is 17.6. The third-order valence-electron chi connectivity index (χ3n) is 5.01. The number of likely N-dealkylation sites (N-methyl/N-ethyl adjacent to an activating group) is 1. The fourth-order valence-corrected chi connectivity index (χ4v) is 3.46. The number of aromatic nitrogens is 2. The molecule has 0 bridgehead atoms. The topological polar surface area (TPSA) is 70.2 Å². The van der Waals surface area contributed by atoms with E-state index in [4.69, 9.17) is 16.3 Å². The van der Waals surface area contributed by atoms with Gasteiger partial charge in [0.05, 0.1) is 36.1 Å². The molecule has 3 aromatic rings. The lowest BCUT2D eigenvalue weighted by atomic mass is 9.98. The van der Waals surface area contributed by atoms with Gasteiger partial charge in [0.15, 0.2) is 0 Å². The Kier molecular flexibility index (Phi) is 6.60. The highest BCUT2D eigenvalue weighted by Gasteiger charge is 2.40. The zero-order valence-corrected chi connectivity index (χ0v) is 17.3. The van der Waals surface area contributed by atoms with Crippen molar-refractivity contribution in [3.63, 3.8) is 0 Å². The molecular weight excluding hydrogens is 411 g/mol. The van der Waals surface area contributed by atoms with Gasteiger partial charge in [-0.3, -0.25) is 14.7 Å². The van der Waals surface area contributed by atoms with Crippen LogP contribution in [0, 0.1) is 0 Å². The van der Waals surface area contributed by atoms with Gasteiger partial charge in [-0.1, -0.05) is 11.6 Å². The van der Waals surface area contributed by atoms with Gasteiger partial charge in [-0.2, -0.15) is 0 Å². The van der Waals surface area contributed by atoms with Crippen molar-refractivity contribution in [3.05, 3.63) is 35.6 Å². The summed E-state index contributed by atoms with van der Waals surface area (Å²) in [6.07, 6.45) is 3.50. The Balaban J connectivity index is 0.00000131. The summed E-state index contributed by atoms with van der Waals surface area (Å²) in [4.78, 5) is 22.5. The molecule has 1 aliphatic heterocycles. The van der Waals surface area contributed by atoms with Gasteiger partial charge < -0.3 is 15.0 Å². The van der Waals surface area contributed by atoms with Gasteiger partial charge in [0.25, 0.3) is 0 Å². The van der Waals surface area contributed by atoms with E-state index in [-0.39, 0.29) is 30.7 Å². The standard InChI is InChI=1S/C18H19ClN4O2.2ClH/c1-18(10-25-6-5-23(18)2)17(24)22-14-8-11(19)7-13-12-3-4-20-9-15(12)21-16(13)14;;/h3-4,7-9,21H,5-6,10H2,1-2H3,(H,22,24);2*1H. The number of ether oxygens (including phenoxy) is 1. The quantitative estimate of drug-likeness (QED) is 0.646. The minimum atomic E-state index is -0.722. The number of hydrogen-bond acceptors (Lipinski definition) is 4. The van der Waals surface area contributed by atoms with Gasteiger partial charge in [-0.05, 0) is 32.2 Å². The van der Waals surface area contributed by atoms with Crippen molar-refractivity contribution in [2.45, 2.75) is 12.5 Å². The molecule has 0 saturated carbocycles. The molecule has 1 fully saturated rings. The number of H-pyrrole nitrogens is 1. The molecule has 2 N–H and O–H groups in total. The molecule has 1 saturated heterocycles. The molecule has 0 aliphatic carbocycles. The number of nitrogens with zero attached hydrogens (tertiary/aromatic N) is 2. The summed E-state index contributed by atoms with van der Waals surface area (Å²) in [6, 6.07) is 5.58. The Morgan fingerprint density at radius 1 is 1.37 bits per heavy atom. The van der Waals surface area contributed by atoms with E-state index in [1.807, 2.05) is 31.0 Å². The summed E-state index contributed by atoms with van der Waals surface area (Å²) in [5, 5.41) is 5.58. The van der Waals surface area contributed by atoms with Gasteiger partial charge in [0.2, 0.25) is 5.91 Å². The number of amides is 1. The third kappa shape index (κ3) is 3.73. The molecule has 1 amide bonds. The number of carbonyl (C=O) groups is 1. The largest absolute Gasteiger partial charge is 0.378 e. The highest BCUT2D eigenvalue weighted by Crippen LogP contribution is 2.34. The van der Waals surface area contributed by atoms with Crippen molar-refractivity contribution in [1.29, 1.82) is 0 Å². The van der Waals surface area contributed by atoms with Gasteiger partial charge in [-0.25, -0.2) is 0 Å². The number of fused-ring (bicyclic) bond motifs is 3. The highest BCUT2D eigenvalue weighted by atomic mass is 35.5. The van der Waals surface area contributed by atoms with E-state index in [0.717, 1.165) is 21.8 Å². The van der Waals surface area contributed by atoms with Crippen molar-refractivity contribution < 1.29 is 9.53 Å². The number of hydrogen-bond donors (Lipinski definition) is 2. The first kappa shape index (κ1) is 21.7. The summed E-state index contributed by atoms with van der Waals surface area (Å²) in [5.41, 5.74) is 1.67. The molecule has 27 heavy (non-hydrogen) atoms. The molecular formula is C18H21Cl3N4O2. The molecule has 2 aromatic heterocycles. The van der Waals surface area contributed by atoms with Gasteiger partial charge in [0, 0.05) is 28.5 Å². The molecule has 146 valence electrons. The number of carbonyl (C=O) groups excluding carboxylic acids is 1. The summed E-state index contributed by atoms with van der Waals surface area (Å²) in [6.45, 7) is 3.59. The maximum Gasteiger partial charge on any atom is 0.247 e. The number of rotatable bonds is 2. The van der Waals surface area contributed by atoms with E-state index in [0.29, 0.717) is 30.5 Å². The molecule has 1 aliphatic rings. The summed E-state index contributed by atoms with van der Waals surface area (Å²) >= 11 is 6.30. The fourth-order valence-electron chi connectivity index (χ4n) is 3.24. The van der Waals surface area contributed by atoms with Crippen LogP contribution in [0.15, 0.2) is 30.6 Å². The van der Waals surface area contributed by atoms with Crippen LogP contribution in [0.2, 0.25) is 5.02 Å². The number of morpholine rings is 1.